The molecule has 0 bridgehead atoms. The molecule has 4 rings (SSSR count). The van der Waals surface area contributed by atoms with Gasteiger partial charge in [-0.25, -0.2) is 4.98 Å². The maximum Gasteiger partial charge on any atom is 0.263 e. The summed E-state index contributed by atoms with van der Waals surface area (Å²) in [6, 6.07) is 10.3. The van der Waals surface area contributed by atoms with Crippen molar-refractivity contribution in [2.45, 2.75) is 49.6 Å². The maximum absolute atomic E-state index is 13.3. The summed E-state index contributed by atoms with van der Waals surface area (Å²) in [4.78, 5) is 20.5. The van der Waals surface area contributed by atoms with E-state index in [1.165, 1.54) is 35.3 Å². The van der Waals surface area contributed by atoms with Crippen molar-refractivity contribution in [3.8, 4) is 0 Å². The molecule has 2 heterocycles. The summed E-state index contributed by atoms with van der Waals surface area (Å²) in [6.45, 7) is 4.34. The number of hydrogen-bond acceptors (Lipinski definition) is 4. The zero-order chi connectivity index (χ0) is 17.9. The number of thiophene rings is 1. The number of fused-ring (bicyclic) bond motifs is 3. The van der Waals surface area contributed by atoms with Crippen LogP contribution in [-0.2, 0) is 25.1 Å². The van der Waals surface area contributed by atoms with E-state index in [0.29, 0.717) is 6.54 Å². The van der Waals surface area contributed by atoms with Crippen molar-refractivity contribution in [3.05, 3.63) is 69.3 Å². The van der Waals surface area contributed by atoms with Crippen molar-refractivity contribution in [1.82, 2.24) is 9.55 Å². The summed E-state index contributed by atoms with van der Waals surface area (Å²) in [6.07, 6.45) is 7.52. The Hall–Kier alpha value is -1.85. The second-order valence-electron chi connectivity index (χ2n) is 6.62. The number of benzene rings is 1. The second kappa shape index (κ2) is 7.80. The predicted octanol–water partition coefficient (Wildman–Crippen LogP) is 5.21. The van der Waals surface area contributed by atoms with Crippen molar-refractivity contribution in [2.75, 3.05) is 0 Å². The van der Waals surface area contributed by atoms with Crippen LogP contribution in [-0.4, -0.2) is 9.55 Å². The molecule has 0 aliphatic heterocycles. The number of aromatic nitrogens is 2. The lowest BCUT2D eigenvalue weighted by Crippen LogP contribution is -2.23. The molecular formula is C21H22N2OS2. The van der Waals surface area contributed by atoms with Crippen molar-refractivity contribution in [1.29, 1.82) is 0 Å². The van der Waals surface area contributed by atoms with Gasteiger partial charge in [-0.05, 0) is 36.8 Å². The van der Waals surface area contributed by atoms with Gasteiger partial charge in [0.2, 0.25) is 0 Å². The fourth-order valence-electron chi connectivity index (χ4n) is 3.52. The van der Waals surface area contributed by atoms with Crippen LogP contribution in [0.3, 0.4) is 0 Å². The SMILES string of the molecule is C=CCn1c(SCc2ccccc2)nc2sc3c(c2c1=O)CCCCC3. The quantitative estimate of drug-likeness (QED) is 0.263. The number of hydrogen-bond donors (Lipinski definition) is 0. The lowest BCUT2D eigenvalue weighted by Gasteiger charge is -2.10. The van der Waals surface area contributed by atoms with Gasteiger partial charge < -0.3 is 0 Å². The van der Waals surface area contributed by atoms with E-state index in [2.05, 4.69) is 18.7 Å². The van der Waals surface area contributed by atoms with E-state index >= 15 is 0 Å². The Balaban J connectivity index is 1.78. The standard InChI is InChI=1S/C21H22N2OS2/c1-2-13-23-20(24)18-16-11-7-4-8-12-17(16)26-19(18)22-21(23)25-14-15-9-5-3-6-10-15/h2-3,5-6,9-10H,1,4,7-8,11-14H2. The minimum atomic E-state index is 0.102. The highest BCUT2D eigenvalue weighted by molar-refractivity contribution is 7.98. The van der Waals surface area contributed by atoms with Gasteiger partial charge in [-0.2, -0.15) is 0 Å². The number of nitrogens with zero attached hydrogens (tertiary/aromatic N) is 2. The molecule has 0 amide bonds. The molecule has 0 saturated heterocycles. The largest absolute Gasteiger partial charge is 0.283 e. The van der Waals surface area contributed by atoms with Gasteiger partial charge in [0.15, 0.2) is 5.16 Å². The lowest BCUT2D eigenvalue weighted by atomic mass is 10.1. The number of allylic oxidation sites excluding steroid dienone is 1. The van der Waals surface area contributed by atoms with Crippen LogP contribution < -0.4 is 5.56 Å². The summed E-state index contributed by atoms with van der Waals surface area (Å²) in [5.74, 6) is 0.807. The minimum absolute atomic E-state index is 0.102. The van der Waals surface area contributed by atoms with Crippen molar-refractivity contribution in [3.63, 3.8) is 0 Å². The molecule has 0 saturated carbocycles. The molecule has 0 atom stereocenters. The van der Waals surface area contributed by atoms with Crippen molar-refractivity contribution >= 4 is 33.3 Å². The van der Waals surface area contributed by atoms with Gasteiger partial charge in [0, 0.05) is 17.2 Å². The number of aryl methyl sites for hydroxylation is 2. The Kier molecular flexibility index (Phi) is 5.27. The maximum atomic E-state index is 13.3. The minimum Gasteiger partial charge on any atom is -0.283 e. The average molecular weight is 383 g/mol. The van der Waals surface area contributed by atoms with Crippen LogP contribution in [0.5, 0.6) is 0 Å². The third kappa shape index (κ3) is 3.38. The Morgan fingerprint density at radius 2 is 2.00 bits per heavy atom. The normalized spacial score (nSPS) is 14.2. The zero-order valence-corrected chi connectivity index (χ0v) is 16.4. The molecule has 0 spiro atoms. The van der Waals surface area contributed by atoms with Gasteiger partial charge in [0.05, 0.1) is 5.39 Å². The molecule has 0 N–H and O–H groups in total. The van der Waals surface area contributed by atoms with Gasteiger partial charge in [-0.3, -0.25) is 9.36 Å². The summed E-state index contributed by atoms with van der Waals surface area (Å²) in [7, 11) is 0. The fourth-order valence-corrected chi connectivity index (χ4v) is 5.79. The highest BCUT2D eigenvalue weighted by Gasteiger charge is 2.21. The van der Waals surface area contributed by atoms with Crippen LogP contribution in [0.25, 0.3) is 10.2 Å². The first-order valence-electron chi connectivity index (χ1n) is 9.10. The molecule has 134 valence electrons. The smallest absolute Gasteiger partial charge is 0.263 e. The molecule has 0 unspecified atom stereocenters. The zero-order valence-electron chi connectivity index (χ0n) is 14.7. The van der Waals surface area contributed by atoms with Gasteiger partial charge >= 0.3 is 0 Å². The molecular weight excluding hydrogens is 360 g/mol. The molecule has 3 nitrogen and oxygen atoms in total. The molecule has 0 fully saturated rings. The topological polar surface area (TPSA) is 34.9 Å². The van der Waals surface area contributed by atoms with Gasteiger partial charge in [0.25, 0.3) is 5.56 Å². The highest BCUT2D eigenvalue weighted by Crippen LogP contribution is 2.34. The van der Waals surface area contributed by atoms with E-state index < -0.39 is 0 Å². The van der Waals surface area contributed by atoms with Crippen molar-refractivity contribution < 1.29 is 0 Å². The fraction of sp³-hybridized carbons (Fsp3) is 0.333. The van der Waals surface area contributed by atoms with E-state index in [1.807, 2.05) is 18.2 Å². The van der Waals surface area contributed by atoms with Crippen LogP contribution in [0.4, 0.5) is 0 Å². The Morgan fingerprint density at radius 3 is 2.81 bits per heavy atom. The van der Waals surface area contributed by atoms with Crippen LogP contribution in [0, 0.1) is 0 Å². The van der Waals surface area contributed by atoms with Gasteiger partial charge in [-0.15, -0.1) is 17.9 Å². The predicted molar refractivity (Wildman–Crippen MR) is 111 cm³/mol. The van der Waals surface area contributed by atoms with Crippen LogP contribution in [0.15, 0.2) is 52.9 Å². The Bertz CT molecular complexity index is 989. The van der Waals surface area contributed by atoms with E-state index in [0.717, 1.165) is 34.0 Å². The summed E-state index contributed by atoms with van der Waals surface area (Å²) in [5.41, 5.74) is 2.60. The summed E-state index contributed by atoms with van der Waals surface area (Å²) in [5, 5.41) is 1.65. The first-order chi connectivity index (χ1) is 12.8. The van der Waals surface area contributed by atoms with E-state index in [9.17, 15) is 4.79 Å². The first-order valence-corrected chi connectivity index (χ1v) is 10.9. The lowest BCUT2D eigenvalue weighted by molar-refractivity contribution is 0.671. The molecule has 1 aliphatic carbocycles. The van der Waals surface area contributed by atoms with Crippen LogP contribution >= 0.6 is 23.1 Å². The Morgan fingerprint density at radius 1 is 1.19 bits per heavy atom. The third-order valence-corrected chi connectivity index (χ3v) is 7.05. The van der Waals surface area contributed by atoms with Gasteiger partial charge in [0.1, 0.15) is 4.83 Å². The molecule has 26 heavy (non-hydrogen) atoms. The number of thioether (sulfide) groups is 1. The molecule has 1 aromatic carbocycles. The Labute approximate surface area is 161 Å². The van der Waals surface area contributed by atoms with E-state index in [-0.39, 0.29) is 5.56 Å². The van der Waals surface area contributed by atoms with E-state index in [1.54, 1.807) is 33.7 Å². The summed E-state index contributed by atoms with van der Waals surface area (Å²) < 4.78 is 1.79. The molecule has 3 aromatic rings. The second-order valence-corrected chi connectivity index (χ2v) is 8.64. The molecule has 0 radical (unpaired) electrons. The highest BCUT2D eigenvalue weighted by atomic mass is 32.2. The van der Waals surface area contributed by atoms with Crippen molar-refractivity contribution in [2.24, 2.45) is 0 Å². The third-order valence-electron chi connectivity index (χ3n) is 4.81. The average Bonchev–Trinajstić information content (AvgIpc) is 2.85. The van der Waals surface area contributed by atoms with Gasteiger partial charge in [-0.1, -0.05) is 54.6 Å². The first kappa shape index (κ1) is 17.6. The van der Waals surface area contributed by atoms with E-state index in [4.69, 9.17) is 4.98 Å². The molecule has 5 heteroatoms. The van der Waals surface area contributed by atoms with Crippen LogP contribution in [0.2, 0.25) is 0 Å². The molecule has 2 aromatic heterocycles. The monoisotopic (exact) mass is 382 g/mol. The number of rotatable bonds is 5. The molecule has 1 aliphatic rings. The van der Waals surface area contributed by atoms with Crippen LogP contribution in [0.1, 0.15) is 35.3 Å². The summed E-state index contributed by atoms with van der Waals surface area (Å²) >= 11 is 3.36.